The van der Waals surface area contributed by atoms with Crippen LogP contribution in [0.5, 0.6) is 0 Å². The second-order valence-corrected chi connectivity index (χ2v) is 4.77. The number of anilines is 1. The standard InChI is InChI=1S/C12H22N4O4/c1-8(2)15-12(11(16(17)18)9(3)14-15)13-6-10(20-5)7-19-4/h8,10,13H,6-7H2,1-5H3. The highest BCUT2D eigenvalue weighted by Crippen LogP contribution is 2.30. The topological polar surface area (TPSA) is 91.5 Å². The molecule has 0 bridgehead atoms. The highest BCUT2D eigenvalue weighted by atomic mass is 16.6. The predicted octanol–water partition coefficient (Wildman–Crippen LogP) is 1.75. The van der Waals surface area contributed by atoms with E-state index in [0.717, 1.165) is 0 Å². The fourth-order valence-corrected chi connectivity index (χ4v) is 1.90. The third-order valence-corrected chi connectivity index (χ3v) is 2.91. The molecule has 1 N–H and O–H groups in total. The number of aromatic nitrogens is 2. The summed E-state index contributed by atoms with van der Waals surface area (Å²) in [6, 6.07) is 0.0216. The summed E-state index contributed by atoms with van der Waals surface area (Å²) in [5.41, 5.74) is 0.401. The minimum atomic E-state index is -0.415. The van der Waals surface area contributed by atoms with E-state index in [1.165, 1.54) is 0 Å². The van der Waals surface area contributed by atoms with Gasteiger partial charge in [-0.1, -0.05) is 0 Å². The molecule has 114 valence electrons. The van der Waals surface area contributed by atoms with Crippen LogP contribution in [0.1, 0.15) is 25.6 Å². The number of nitrogens with zero attached hydrogens (tertiary/aromatic N) is 3. The van der Waals surface area contributed by atoms with E-state index in [1.54, 1.807) is 25.8 Å². The van der Waals surface area contributed by atoms with Gasteiger partial charge in [0.25, 0.3) is 0 Å². The first kappa shape index (κ1) is 16.4. The Morgan fingerprint density at radius 1 is 1.45 bits per heavy atom. The van der Waals surface area contributed by atoms with Gasteiger partial charge in [0.15, 0.2) is 0 Å². The Hall–Kier alpha value is -1.67. The summed E-state index contributed by atoms with van der Waals surface area (Å²) in [6.45, 7) is 6.29. The van der Waals surface area contributed by atoms with Gasteiger partial charge in [-0.3, -0.25) is 10.1 Å². The number of nitro groups is 1. The van der Waals surface area contributed by atoms with Gasteiger partial charge >= 0.3 is 5.69 Å². The van der Waals surface area contributed by atoms with Crippen molar-refractivity contribution < 1.29 is 14.4 Å². The molecule has 0 amide bonds. The monoisotopic (exact) mass is 286 g/mol. The van der Waals surface area contributed by atoms with E-state index in [1.807, 2.05) is 13.8 Å². The molecule has 0 spiro atoms. The lowest BCUT2D eigenvalue weighted by Crippen LogP contribution is -2.27. The summed E-state index contributed by atoms with van der Waals surface area (Å²) in [7, 11) is 3.15. The van der Waals surface area contributed by atoms with E-state index in [9.17, 15) is 10.1 Å². The lowest BCUT2D eigenvalue weighted by molar-refractivity contribution is -0.384. The third kappa shape index (κ3) is 3.67. The molecule has 1 aromatic heterocycles. The first-order valence-corrected chi connectivity index (χ1v) is 6.41. The smallest absolute Gasteiger partial charge is 0.333 e. The van der Waals surface area contributed by atoms with Crippen LogP contribution >= 0.6 is 0 Å². The zero-order valence-electron chi connectivity index (χ0n) is 12.5. The molecule has 0 aliphatic rings. The Morgan fingerprint density at radius 3 is 2.55 bits per heavy atom. The van der Waals surface area contributed by atoms with Gasteiger partial charge in [-0.15, -0.1) is 0 Å². The maximum Gasteiger partial charge on any atom is 0.333 e. The Kier molecular flexibility index (Phi) is 5.90. The van der Waals surface area contributed by atoms with Gasteiger partial charge in [-0.25, -0.2) is 4.68 Å². The number of rotatable bonds is 8. The molecule has 1 heterocycles. The van der Waals surface area contributed by atoms with Crippen LogP contribution in [0.25, 0.3) is 0 Å². The summed E-state index contributed by atoms with van der Waals surface area (Å²) < 4.78 is 11.9. The molecule has 8 heteroatoms. The molecule has 8 nitrogen and oxygen atoms in total. The van der Waals surface area contributed by atoms with Crippen molar-refractivity contribution in [1.82, 2.24) is 9.78 Å². The molecular formula is C12H22N4O4. The van der Waals surface area contributed by atoms with Crippen molar-refractivity contribution in [3.05, 3.63) is 15.8 Å². The van der Waals surface area contributed by atoms with Gasteiger partial charge in [0, 0.05) is 26.8 Å². The average Bonchev–Trinajstić information content (AvgIpc) is 2.71. The maximum absolute atomic E-state index is 11.2. The molecule has 0 radical (unpaired) electrons. The molecule has 20 heavy (non-hydrogen) atoms. The molecule has 1 atom stereocenters. The molecule has 0 aliphatic carbocycles. The molecule has 1 aromatic rings. The van der Waals surface area contributed by atoms with Crippen LogP contribution in [0.3, 0.4) is 0 Å². The lowest BCUT2D eigenvalue weighted by atomic mass is 10.3. The second-order valence-electron chi connectivity index (χ2n) is 4.77. The quantitative estimate of drug-likeness (QED) is 0.578. The van der Waals surface area contributed by atoms with Crippen molar-refractivity contribution in [2.24, 2.45) is 0 Å². The number of hydrogen-bond acceptors (Lipinski definition) is 6. The van der Waals surface area contributed by atoms with Crippen LogP contribution in [-0.2, 0) is 9.47 Å². The van der Waals surface area contributed by atoms with Gasteiger partial charge in [0.2, 0.25) is 5.82 Å². The highest BCUT2D eigenvalue weighted by molar-refractivity contribution is 5.59. The molecule has 0 saturated carbocycles. The van der Waals surface area contributed by atoms with Gasteiger partial charge < -0.3 is 14.8 Å². The Bertz CT molecular complexity index is 459. The van der Waals surface area contributed by atoms with Crippen LogP contribution in [0.4, 0.5) is 11.5 Å². The number of ether oxygens (including phenoxy) is 2. The van der Waals surface area contributed by atoms with Crippen LogP contribution in [0, 0.1) is 17.0 Å². The van der Waals surface area contributed by atoms with Crippen LogP contribution in [0.15, 0.2) is 0 Å². The van der Waals surface area contributed by atoms with Crippen molar-refractivity contribution in [1.29, 1.82) is 0 Å². The number of hydrogen-bond donors (Lipinski definition) is 1. The second kappa shape index (κ2) is 7.20. The molecular weight excluding hydrogens is 264 g/mol. The molecule has 0 aliphatic heterocycles. The SMILES string of the molecule is COCC(CNc1c([N+](=O)[O-])c(C)nn1C(C)C)OC. The summed E-state index contributed by atoms with van der Waals surface area (Å²) >= 11 is 0. The van der Waals surface area contributed by atoms with E-state index in [2.05, 4.69) is 10.4 Å². The van der Waals surface area contributed by atoms with Gasteiger partial charge in [-0.2, -0.15) is 5.10 Å². The minimum Gasteiger partial charge on any atom is -0.382 e. The lowest BCUT2D eigenvalue weighted by Gasteiger charge is -2.17. The fraction of sp³-hybridized carbons (Fsp3) is 0.750. The van der Waals surface area contributed by atoms with Gasteiger partial charge in [0.05, 0.1) is 17.6 Å². The molecule has 1 unspecified atom stereocenters. The number of methoxy groups -OCH3 is 2. The van der Waals surface area contributed by atoms with Crippen molar-refractivity contribution in [2.75, 3.05) is 32.7 Å². The van der Waals surface area contributed by atoms with Crippen molar-refractivity contribution >= 4 is 11.5 Å². The van der Waals surface area contributed by atoms with Crippen molar-refractivity contribution in [3.63, 3.8) is 0 Å². The number of aryl methyl sites for hydroxylation is 1. The van der Waals surface area contributed by atoms with E-state index in [-0.39, 0.29) is 17.8 Å². The summed E-state index contributed by atoms with van der Waals surface area (Å²) in [6.07, 6.45) is -0.185. The van der Waals surface area contributed by atoms with E-state index >= 15 is 0 Å². The first-order chi connectivity index (χ1) is 9.42. The molecule has 0 saturated heterocycles. The largest absolute Gasteiger partial charge is 0.382 e. The number of nitrogens with one attached hydrogen (secondary N) is 1. The fourth-order valence-electron chi connectivity index (χ4n) is 1.90. The molecule has 0 aromatic carbocycles. The predicted molar refractivity (Wildman–Crippen MR) is 75.2 cm³/mol. The normalized spacial score (nSPS) is 12.7. The van der Waals surface area contributed by atoms with Gasteiger partial charge in [0.1, 0.15) is 5.69 Å². The van der Waals surface area contributed by atoms with Crippen molar-refractivity contribution in [3.8, 4) is 0 Å². The maximum atomic E-state index is 11.2. The van der Waals surface area contributed by atoms with Crippen LogP contribution in [0.2, 0.25) is 0 Å². The average molecular weight is 286 g/mol. The molecule has 0 fully saturated rings. The zero-order valence-corrected chi connectivity index (χ0v) is 12.5. The third-order valence-electron chi connectivity index (χ3n) is 2.91. The van der Waals surface area contributed by atoms with Crippen molar-refractivity contribution in [2.45, 2.75) is 32.9 Å². The van der Waals surface area contributed by atoms with Crippen LogP contribution < -0.4 is 5.32 Å². The van der Waals surface area contributed by atoms with E-state index in [4.69, 9.17) is 9.47 Å². The summed E-state index contributed by atoms with van der Waals surface area (Å²) in [5.74, 6) is 0.403. The van der Waals surface area contributed by atoms with Crippen LogP contribution in [-0.4, -0.2) is 48.2 Å². The Labute approximate surface area is 118 Å². The Balaban J connectivity index is 2.99. The highest BCUT2D eigenvalue weighted by Gasteiger charge is 2.26. The first-order valence-electron chi connectivity index (χ1n) is 6.41. The molecule has 1 rings (SSSR count). The van der Waals surface area contributed by atoms with E-state index in [0.29, 0.717) is 24.7 Å². The summed E-state index contributed by atoms with van der Waals surface area (Å²) in [4.78, 5) is 10.8. The van der Waals surface area contributed by atoms with Gasteiger partial charge in [-0.05, 0) is 20.8 Å². The summed E-state index contributed by atoms with van der Waals surface area (Å²) in [5, 5.41) is 18.5. The Morgan fingerprint density at radius 2 is 2.10 bits per heavy atom. The zero-order chi connectivity index (χ0) is 15.3. The minimum absolute atomic E-state index is 0.00553. The van der Waals surface area contributed by atoms with E-state index < -0.39 is 4.92 Å².